The lowest BCUT2D eigenvalue weighted by Crippen LogP contribution is -2.50. The zero-order chi connectivity index (χ0) is 22.2. The molecule has 1 N–H and O–H groups in total. The first-order chi connectivity index (χ1) is 14.8. The first kappa shape index (κ1) is 20.2. The van der Waals surface area contributed by atoms with Crippen molar-refractivity contribution >= 4 is 33.6 Å². The van der Waals surface area contributed by atoms with Crippen molar-refractivity contribution in [3.63, 3.8) is 0 Å². The number of hydrogen-bond donors (Lipinski definition) is 1. The van der Waals surface area contributed by atoms with Gasteiger partial charge in [0.05, 0.1) is 30.2 Å². The van der Waals surface area contributed by atoms with Crippen LogP contribution in [-0.2, 0) is 14.8 Å². The van der Waals surface area contributed by atoms with Gasteiger partial charge in [-0.1, -0.05) is 24.3 Å². The Morgan fingerprint density at radius 3 is 2.23 bits per heavy atom. The maximum absolute atomic E-state index is 12.7. The standard InChI is InChI=1S/C20H15N5O5S/c21-10-5-11-25(18-15-8-3-4-9-16(15)31(29,30)23-18)22-17(26)12-24-19(27)13-6-1-2-7-14(13)20(24)28/h1-4,6-9H,5,11-12H2,(H,22,26). The number of carbonyl (C=O) groups excluding carboxylic acids is 3. The molecule has 0 saturated heterocycles. The summed E-state index contributed by atoms with van der Waals surface area (Å²) in [4.78, 5) is 38.4. The molecule has 11 heteroatoms. The van der Waals surface area contributed by atoms with Gasteiger partial charge in [-0.3, -0.25) is 29.7 Å². The van der Waals surface area contributed by atoms with E-state index in [1.807, 2.05) is 6.07 Å². The molecule has 2 aliphatic rings. The van der Waals surface area contributed by atoms with Crippen molar-refractivity contribution < 1.29 is 22.8 Å². The molecule has 0 aromatic heterocycles. The molecule has 0 atom stereocenters. The van der Waals surface area contributed by atoms with Crippen LogP contribution in [0, 0.1) is 11.3 Å². The number of amides is 3. The molecule has 4 rings (SSSR count). The Hall–Kier alpha value is -4.04. The van der Waals surface area contributed by atoms with E-state index in [2.05, 4.69) is 9.82 Å². The number of nitrogens with zero attached hydrogens (tertiary/aromatic N) is 4. The second-order valence-corrected chi connectivity index (χ2v) is 8.30. The van der Waals surface area contributed by atoms with Crippen LogP contribution in [0.3, 0.4) is 0 Å². The second-order valence-electron chi connectivity index (χ2n) is 6.72. The summed E-state index contributed by atoms with van der Waals surface area (Å²) in [5, 5.41) is 10.1. The highest BCUT2D eigenvalue weighted by atomic mass is 32.2. The fourth-order valence-electron chi connectivity index (χ4n) is 3.37. The molecule has 0 bridgehead atoms. The molecule has 10 nitrogen and oxygen atoms in total. The molecule has 0 radical (unpaired) electrons. The van der Waals surface area contributed by atoms with Crippen LogP contribution in [0.25, 0.3) is 0 Å². The molecule has 0 aliphatic carbocycles. The summed E-state index contributed by atoms with van der Waals surface area (Å²) in [5.74, 6) is -1.96. The first-order valence-electron chi connectivity index (χ1n) is 9.17. The van der Waals surface area contributed by atoms with Crippen LogP contribution in [0.2, 0.25) is 0 Å². The van der Waals surface area contributed by atoms with Gasteiger partial charge in [-0.05, 0) is 24.3 Å². The quantitative estimate of drug-likeness (QED) is 0.548. The maximum atomic E-state index is 12.7. The minimum absolute atomic E-state index is 0.0124. The summed E-state index contributed by atoms with van der Waals surface area (Å²) in [7, 11) is -3.94. The van der Waals surface area contributed by atoms with Gasteiger partial charge in [0, 0.05) is 5.56 Å². The highest BCUT2D eigenvalue weighted by molar-refractivity contribution is 7.90. The maximum Gasteiger partial charge on any atom is 0.285 e. The van der Waals surface area contributed by atoms with Gasteiger partial charge in [0.1, 0.15) is 11.4 Å². The van der Waals surface area contributed by atoms with Crippen molar-refractivity contribution in [3.05, 3.63) is 65.2 Å². The molecule has 0 unspecified atom stereocenters. The Morgan fingerprint density at radius 2 is 1.61 bits per heavy atom. The van der Waals surface area contributed by atoms with Gasteiger partial charge >= 0.3 is 0 Å². The van der Waals surface area contributed by atoms with Crippen LogP contribution < -0.4 is 5.43 Å². The molecule has 2 aliphatic heterocycles. The van der Waals surface area contributed by atoms with Crippen molar-refractivity contribution in [1.29, 1.82) is 5.26 Å². The third kappa shape index (κ3) is 3.53. The van der Waals surface area contributed by atoms with Gasteiger partial charge in [0.25, 0.3) is 27.7 Å². The average molecular weight is 437 g/mol. The van der Waals surface area contributed by atoms with Crippen LogP contribution in [0.15, 0.2) is 57.8 Å². The number of sulfonamides is 1. The number of rotatable bonds is 4. The van der Waals surface area contributed by atoms with Crippen molar-refractivity contribution in [2.24, 2.45) is 4.40 Å². The zero-order valence-corrected chi connectivity index (χ0v) is 16.8. The normalized spacial score (nSPS) is 15.7. The van der Waals surface area contributed by atoms with Gasteiger partial charge in [-0.25, -0.2) is 0 Å². The van der Waals surface area contributed by atoms with Gasteiger partial charge in [0.15, 0.2) is 5.84 Å². The van der Waals surface area contributed by atoms with E-state index in [0.717, 1.165) is 9.91 Å². The average Bonchev–Trinajstić information content (AvgIpc) is 3.17. The predicted molar refractivity (Wildman–Crippen MR) is 107 cm³/mol. The highest BCUT2D eigenvalue weighted by Gasteiger charge is 2.37. The third-order valence-corrected chi connectivity index (χ3v) is 6.08. The van der Waals surface area contributed by atoms with E-state index in [1.54, 1.807) is 24.3 Å². The van der Waals surface area contributed by atoms with Crippen LogP contribution in [0.1, 0.15) is 32.7 Å². The Balaban J connectivity index is 1.56. The number of nitrogens with one attached hydrogen (secondary N) is 1. The molecule has 3 amide bonds. The summed E-state index contributed by atoms with van der Waals surface area (Å²) in [5.41, 5.74) is 3.17. The molecular formula is C20H15N5O5S. The summed E-state index contributed by atoms with van der Waals surface area (Å²) >= 11 is 0. The molecule has 2 heterocycles. The number of hydrogen-bond acceptors (Lipinski definition) is 7. The van der Waals surface area contributed by atoms with Crippen molar-refractivity contribution in [2.75, 3.05) is 13.1 Å². The monoisotopic (exact) mass is 437 g/mol. The fraction of sp³-hybridized carbons (Fsp3) is 0.150. The predicted octanol–water partition coefficient (Wildman–Crippen LogP) is 0.679. The molecule has 31 heavy (non-hydrogen) atoms. The summed E-state index contributed by atoms with van der Waals surface area (Å²) in [6, 6.07) is 14.3. The summed E-state index contributed by atoms with van der Waals surface area (Å²) < 4.78 is 28.4. The van der Waals surface area contributed by atoms with E-state index in [4.69, 9.17) is 5.26 Å². The Bertz CT molecular complexity index is 1260. The lowest BCUT2D eigenvalue weighted by atomic mass is 10.1. The lowest BCUT2D eigenvalue weighted by Gasteiger charge is -2.25. The minimum Gasteiger partial charge on any atom is -0.271 e. The Labute approximate surface area is 177 Å². The van der Waals surface area contributed by atoms with Gasteiger partial charge < -0.3 is 0 Å². The third-order valence-electron chi connectivity index (χ3n) is 4.75. The summed E-state index contributed by atoms with van der Waals surface area (Å²) in [6.45, 7) is -0.621. The number of benzene rings is 2. The van der Waals surface area contributed by atoms with Gasteiger partial charge in [-0.2, -0.15) is 13.7 Å². The smallest absolute Gasteiger partial charge is 0.271 e. The van der Waals surface area contributed by atoms with Gasteiger partial charge in [0.2, 0.25) is 0 Å². The van der Waals surface area contributed by atoms with E-state index in [9.17, 15) is 22.8 Å². The van der Waals surface area contributed by atoms with E-state index in [-0.39, 0.29) is 40.4 Å². The summed E-state index contributed by atoms with van der Waals surface area (Å²) in [6.07, 6.45) is -0.0332. The molecule has 0 fully saturated rings. The molecule has 156 valence electrons. The van der Waals surface area contributed by atoms with Gasteiger partial charge in [-0.15, -0.1) is 4.40 Å². The number of hydrazine groups is 1. The molecule has 0 spiro atoms. The fourth-order valence-corrected chi connectivity index (χ4v) is 4.58. The zero-order valence-electron chi connectivity index (χ0n) is 16.0. The highest BCUT2D eigenvalue weighted by Crippen LogP contribution is 2.27. The van der Waals surface area contributed by atoms with Crippen molar-refractivity contribution in [3.8, 4) is 6.07 Å². The molecule has 2 aromatic rings. The van der Waals surface area contributed by atoms with E-state index in [1.165, 1.54) is 24.3 Å². The van der Waals surface area contributed by atoms with Crippen LogP contribution in [0.5, 0.6) is 0 Å². The van der Waals surface area contributed by atoms with Crippen molar-refractivity contribution in [2.45, 2.75) is 11.3 Å². The number of imide groups is 1. The number of fused-ring (bicyclic) bond motifs is 2. The number of carbonyl (C=O) groups is 3. The van der Waals surface area contributed by atoms with E-state index < -0.39 is 34.3 Å². The SMILES string of the molecule is N#CCCN(NC(=O)CN1C(=O)c2ccccc2C1=O)C1=NS(=O)(=O)c2ccccc21. The number of amidine groups is 1. The second kappa shape index (κ2) is 7.66. The van der Waals surface area contributed by atoms with Crippen LogP contribution in [-0.4, -0.2) is 55.0 Å². The molecule has 2 aromatic carbocycles. The minimum atomic E-state index is -3.94. The molecule has 0 saturated carbocycles. The first-order valence-corrected chi connectivity index (χ1v) is 10.6. The number of nitriles is 1. The topological polar surface area (TPSA) is 140 Å². The molecular weight excluding hydrogens is 422 g/mol. The van der Waals surface area contributed by atoms with Crippen LogP contribution >= 0.6 is 0 Å². The Morgan fingerprint density at radius 1 is 1.03 bits per heavy atom. The van der Waals surface area contributed by atoms with Crippen molar-refractivity contribution in [1.82, 2.24) is 15.3 Å². The lowest BCUT2D eigenvalue weighted by molar-refractivity contribution is -0.124. The van der Waals surface area contributed by atoms with Crippen LogP contribution in [0.4, 0.5) is 0 Å². The Kier molecular flexibility index (Phi) is 5.00. The van der Waals surface area contributed by atoms with E-state index in [0.29, 0.717) is 0 Å². The largest absolute Gasteiger partial charge is 0.285 e. The van der Waals surface area contributed by atoms with E-state index >= 15 is 0 Å².